The number of carbonyl (C=O) groups excluding carboxylic acids is 10. The monoisotopic (exact) mass is 937 g/mol. The van der Waals surface area contributed by atoms with Gasteiger partial charge in [0.15, 0.2) is 0 Å². The fraction of sp³-hybridized carbons (Fsp3) is 0.362. The first-order valence-corrected chi connectivity index (χ1v) is 22.0. The lowest BCUT2D eigenvalue weighted by Gasteiger charge is -2.25. The number of rotatable bonds is 28. The molecule has 3 unspecified atom stereocenters. The highest BCUT2D eigenvalue weighted by molar-refractivity contribution is 5.97. The van der Waals surface area contributed by atoms with E-state index in [2.05, 4.69) is 47.5 Å². The Morgan fingerprint density at radius 3 is 1.97 bits per heavy atom. The summed E-state index contributed by atoms with van der Waals surface area (Å²) in [6, 6.07) is 17.5. The van der Waals surface area contributed by atoms with Gasteiger partial charge >= 0.3 is 0 Å². The molecule has 0 aliphatic rings. The molecule has 0 aliphatic carbocycles. The fourth-order valence-electron chi connectivity index (χ4n) is 7.22. The van der Waals surface area contributed by atoms with Crippen LogP contribution in [0.15, 0.2) is 85.1 Å². The Balaban J connectivity index is 1.40. The van der Waals surface area contributed by atoms with Crippen LogP contribution < -0.4 is 54.0 Å². The summed E-state index contributed by atoms with van der Waals surface area (Å²) >= 11 is 0. The molecule has 1 heterocycles. The minimum Gasteiger partial charge on any atom is -0.368 e. The van der Waals surface area contributed by atoms with Gasteiger partial charge in [-0.1, -0.05) is 60.7 Å². The highest BCUT2D eigenvalue weighted by Crippen LogP contribution is 2.19. The molecule has 0 saturated heterocycles. The van der Waals surface area contributed by atoms with E-state index in [1.165, 1.54) is 19.1 Å². The number of aromatic amines is 1. The Kier molecular flexibility index (Phi) is 20.7. The van der Waals surface area contributed by atoms with Crippen LogP contribution in [0.4, 0.5) is 0 Å². The average Bonchev–Trinajstić information content (AvgIpc) is 3.71. The lowest BCUT2D eigenvalue weighted by molar-refractivity contribution is -0.134. The number of carbonyl (C=O) groups is 10. The molecule has 0 fully saturated rings. The second-order valence-corrected chi connectivity index (χ2v) is 16.2. The van der Waals surface area contributed by atoms with Crippen LogP contribution in [-0.4, -0.2) is 114 Å². The number of hydrogen-bond donors (Lipinski definition) is 11. The zero-order valence-corrected chi connectivity index (χ0v) is 37.9. The highest BCUT2D eigenvalue weighted by Gasteiger charge is 2.30. The minimum absolute atomic E-state index is 0.0377. The largest absolute Gasteiger partial charge is 0.368 e. The van der Waals surface area contributed by atoms with Gasteiger partial charge in [0.2, 0.25) is 59.6 Å². The van der Waals surface area contributed by atoms with Crippen LogP contribution in [0.5, 0.6) is 0 Å². The first-order valence-electron chi connectivity index (χ1n) is 22.0. The number of H-pyrrole nitrogens is 1. The maximum Gasteiger partial charge on any atom is 0.248 e. The van der Waals surface area contributed by atoms with Gasteiger partial charge in [-0.3, -0.25) is 47.9 Å². The van der Waals surface area contributed by atoms with Gasteiger partial charge in [-0.25, -0.2) is 0 Å². The zero-order chi connectivity index (χ0) is 49.6. The molecule has 68 heavy (non-hydrogen) atoms. The Labute approximate surface area is 392 Å². The van der Waals surface area contributed by atoms with Crippen molar-refractivity contribution in [2.45, 2.75) is 89.0 Å². The van der Waals surface area contributed by atoms with Gasteiger partial charge in [0.1, 0.15) is 24.2 Å². The first-order chi connectivity index (χ1) is 32.5. The summed E-state index contributed by atoms with van der Waals surface area (Å²) in [5, 5.41) is 21.2. The van der Waals surface area contributed by atoms with E-state index >= 15 is 0 Å². The van der Waals surface area contributed by atoms with Crippen LogP contribution in [0.3, 0.4) is 0 Å². The number of fused-ring (bicyclic) bond motifs is 1. The van der Waals surface area contributed by atoms with Crippen LogP contribution >= 0.6 is 0 Å². The summed E-state index contributed by atoms with van der Waals surface area (Å²) in [5.41, 5.74) is 14.3. The van der Waals surface area contributed by atoms with Crippen molar-refractivity contribution >= 4 is 70.5 Å². The third-order valence-electron chi connectivity index (χ3n) is 10.6. The highest BCUT2D eigenvalue weighted by atomic mass is 16.2. The van der Waals surface area contributed by atoms with E-state index in [-0.39, 0.29) is 56.8 Å². The molecule has 21 nitrogen and oxygen atoms in total. The molecule has 3 aromatic carbocycles. The van der Waals surface area contributed by atoms with Gasteiger partial charge in [-0.05, 0) is 67.5 Å². The van der Waals surface area contributed by atoms with E-state index < -0.39 is 90.3 Å². The van der Waals surface area contributed by atoms with Gasteiger partial charge in [0.25, 0.3) is 0 Å². The summed E-state index contributed by atoms with van der Waals surface area (Å²) in [6.07, 6.45) is 2.47. The molecule has 21 heteroatoms. The van der Waals surface area contributed by atoms with E-state index in [1.54, 1.807) is 25.3 Å². The van der Waals surface area contributed by atoms with Crippen molar-refractivity contribution in [2.75, 3.05) is 19.6 Å². The zero-order valence-electron chi connectivity index (χ0n) is 37.9. The molecule has 0 radical (unpaired) electrons. The number of nitrogens with two attached hydrogens (primary N) is 2. The summed E-state index contributed by atoms with van der Waals surface area (Å²) in [4.78, 5) is 130. The van der Waals surface area contributed by atoms with Gasteiger partial charge in [0, 0.05) is 55.0 Å². The van der Waals surface area contributed by atoms with Crippen LogP contribution in [0, 0.1) is 0 Å². The summed E-state index contributed by atoms with van der Waals surface area (Å²) in [6.45, 7) is 2.13. The van der Waals surface area contributed by atoms with Gasteiger partial charge < -0.3 is 59.0 Å². The van der Waals surface area contributed by atoms with E-state index in [9.17, 15) is 47.9 Å². The van der Waals surface area contributed by atoms with E-state index in [4.69, 9.17) is 11.5 Å². The average molecular weight is 938 g/mol. The molecule has 362 valence electrons. The maximum absolute atomic E-state index is 13.9. The first kappa shape index (κ1) is 52.5. The number of para-hydroxylation sites is 1. The third kappa shape index (κ3) is 17.7. The molecular formula is C47H59N11O10. The quantitative estimate of drug-likeness (QED) is 0.0238. The number of amides is 10. The second kappa shape index (κ2) is 26.8. The van der Waals surface area contributed by atoms with Gasteiger partial charge in [-0.15, -0.1) is 0 Å². The third-order valence-corrected chi connectivity index (χ3v) is 10.6. The molecule has 5 atom stereocenters. The molecular weight excluding hydrogens is 879 g/mol. The van der Waals surface area contributed by atoms with Crippen molar-refractivity contribution in [3.05, 3.63) is 107 Å². The number of aromatic nitrogens is 1. The Morgan fingerprint density at radius 2 is 1.26 bits per heavy atom. The van der Waals surface area contributed by atoms with Crippen molar-refractivity contribution in [3.8, 4) is 0 Å². The van der Waals surface area contributed by atoms with Crippen LogP contribution in [-0.2, 0) is 62.4 Å². The van der Waals surface area contributed by atoms with E-state index in [0.29, 0.717) is 24.0 Å². The predicted molar refractivity (Wildman–Crippen MR) is 250 cm³/mol. The lowest BCUT2D eigenvalue weighted by Crippen LogP contribution is -2.57. The number of primary amides is 2. The Hall–Kier alpha value is -8.10. The number of nitrogens with one attached hydrogen (secondary N) is 9. The minimum atomic E-state index is -1.52. The van der Waals surface area contributed by atoms with Crippen LogP contribution in [0.1, 0.15) is 66.6 Å². The molecule has 4 rings (SSSR count). The van der Waals surface area contributed by atoms with Crippen molar-refractivity contribution in [1.82, 2.24) is 47.5 Å². The Morgan fingerprint density at radius 1 is 0.632 bits per heavy atom. The van der Waals surface area contributed by atoms with Crippen molar-refractivity contribution in [2.24, 2.45) is 11.5 Å². The van der Waals surface area contributed by atoms with Crippen LogP contribution in [0.25, 0.3) is 10.9 Å². The second-order valence-electron chi connectivity index (χ2n) is 16.2. The molecule has 0 bridgehead atoms. The van der Waals surface area contributed by atoms with Crippen molar-refractivity contribution in [3.63, 3.8) is 0 Å². The van der Waals surface area contributed by atoms with Crippen molar-refractivity contribution in [1.29, 1.82) is 0 Å². The molecule has 0 saturated carbocycles. The molecule has 0 aliphatic heterocycles. The Bertz CT molecular complexity index is 2430. The van der Waals surface area contributed by atoms with Crippen molar-refractivity contribution < 1.29 is 47.9 Å². The smallest absolute Gasteiger partial charge is 0.248 e. The topological polar surface area (TPSA) is 335 Å². The predicted octanol–water partition coefficient (Wildman–Crippen LogP) is -1.22. The number of unbranched alkanes of at least 4 members (excludes halogenated alkanes) is 1. The summed E-state index contributed by atoms with van der Waals surface area (Å²) in [5.74, 6) is -6.33. The molecule has 1 aromatic heterocycles. The molecule has 4 aromatic rings. The van der Waals surface area contributed by atoms with E-state index in [0.717, 1.165) is 16.5 Å². The van der Waals surface area contributed by atoms with E-state index in [1.807, 2.05) is 54.6 Å². The number of benzene rings is 3. The standard InChI is InChI=1S/C47H59N11O10/c1-28(19-30-11-4-3-5-12-30)54-45(66)37(21-31-13-10-14-32(20-31)43(48)64)58-47(68)39(56-42(63)26-52-29(2)60)23-40(61)51-18-9-8-17-36(44(49)65)57-46(67)38(55-41(62)25-50-27-59)22-33-24-53-35-16-7-6-15-34(33)35/h3-7,10-16,20,24,27-28,36-39,53H,8-9,17-19,21-23,25-26H2,1-2H3,(H2,48,64)(H2,49,65)(H,50,59)(H,51,61)(H,52,60)(H,54,66)(H,55,62)(H,56,63)(H,57,67)(H,58,68)/t28?,36?,37-,38-,39?/m0/s1. The van der Waals surface area contributed by atoms with Gasteiger partial charge in [0.05, 0.1) is 19.5 Å². The summed E-state index contributed by atoms with van der Waals surface area (Å²) in [7, 11) is 0. The lowest BCUT2D eigenvalue weighted by atomic mass is 10.0. The fourth-order valence-corrected chi connectivity index (χ4v) is 7.22. The maximum atomic E-state index is 13.9. The normalized spacial score (nSPS) is 13.0. The molecule has 10 amide bonds. The van der Waals surface area contributed by atoms with Crippen LogP contribution in [0.2, 0.25) is 0 Å². The SMILES string of the molecule is CC(=O)NCC(=O)NC(CC(=O)NCCCCC(NC(=O)[C@H](Cc1c[nH]c2ccccc12)NC(=O)CNC=O)C(N)=O)C(=O)N[C@@H](Cc1cccc(C(N)=O)c1)C(=O)NC(C)Cc1ccccc1. The summed E-state index contributed by atoms with van der Waals surface area (Å²) < 4.78 is 0. The van der Waals surface area contributed by atoms with Gasteiger partial charge in [-0.2, -0.15) is 0 Å². The number of hydrogen-bond acceptors (Lipinski definition) is 10. The molecule has 13 N–H and O–H groups in total. The molecule has 0 spiro atoms.